The molecule has 0 radical (unpaired) electrons. The number of carboxylic acids is 1. The van der Waals surface area contributed by atoms with Crippen molar-refractivity contribution in [1.82, 2.24) is 15.1 Å². The lowest BCUT2D eigenvalue weighted by Crippen LogP contribution is -2.22. The lowest BCUT2D eigenvalue weighted by Gasteiger charge is -2.05. The number of nitrogens with zero attached hydrogens (tertiary/aromatic N) is 2. The first kappa shape index (κ1) is 14.1. The number of rotatable bonds is 5. The van der Waals surface area contributed by atoms with Crippen molar-refractivity contribution >= 4 is 23.5 Å². The van der Waals surface area contributed by atoms with E-state index in [0.717, 1.165) is 5.56 Å². The van der Waals surface area contributed by atoms with Gasteiger partial charge < -0.3 is 10.4 Å². The second kappa shape index (κ2) is 6.21. The number of carbonyl (C=O) groups excluding carboxylic acids is 1. The molecule has 0 saturated carbocycles. The Morgan fingerprint density at radius 2 is 2.10 bits per heavy atom. The maximum absolute atomic E-state index is 11.9. The number of amides is 1. The van der Waals surface area contributed by atoms with E-state index in [9.17, 15) is 9.59 Å². The molecular weight excluding hydrogens is 282 g/mol. The van der Waals surface area contributed by atoms with Crippen LogP contribution in [-0.2, 0) is 17.9 Å². The maximum Gasteiger partial charge on any atom is 0.325 e. The highest BCUT2D eigenvalue weighted by atomic mass is 35.5. The Hall–Kier alpha value is -2.34. The molecule has 1 amide bonds. The van der Waals surface area contributed by atoms with E-state index in [4.69, 9.17) is 16.7 Å². The van der Waals surface area contributed by atoms with E-state index in [1.54, 1.807) is 6.07 Å². The minimum atomic E-state index is -1.02. The van der Waals surface area contributed by atoms with Gasteiger partial charge in [-0.25, -0.2) is 0 Å². The van der Waals surface area contributed by atoms with Crippen LogP contribution in [0.5, 0.6) is 0 Å². The number of carboxylic acid groups (broad SMARTS) is 1. The number of hydrogen-bond donors (Lipinski definition) is 2. The van der Waals surface area contributed by atoms with E-state index in [0.29, 0.717) is 17.1 Å². The molecule has 0 fully saturated rings. The maximum atomic E-state index is 11.9. The monoisotopic (exact) mass is 293 g/mol. The van der Waals surface area contributed by atoms with Crippen LogP contribution < -0.4 is 5.32 Å². The summed E-state index contributed by atoms with van der Waals surface area (Å²) in [5.41, 5.74) is 1.11. The molecule has 0 aliphatic heterocycles. The zero-order valence-electron chi connectivity index (χ0n) is 10.4. The topological polar surface area (TPSA) is 84.2 Å². The number of aliphatic carboxylic acids is 1. The van der Waals surface area contributed by atoms with E-state index in [-0.39, 0.29) is 12.5 Å². The van der Waals surface area contributed by atoms with Gasteiger partial charge in [0.2, 0.25) is 0 Å². The van der Waals surface area contributed by atoms with Crippen molar-refractivity contribution in [2.75, 3.05) is 0 Å². The van der Waals surface area contributed by atoms with Gasteiger partial charge in [-0.05, 0) is 11.6 Å². The third-order valence-corrected chi connectivity index (χ3v) is 2.96. The van der Waals surface area contributed by atoms with Crippen LogP contribution >= 0.6 is 11.6 Å². The standard InChI is InChI=1S/C13H12ClN3O3/c14-11-4-2-1-3-9(11)5-15-13(20)10-6-16-17(7-10)8-12(18)19/h1-4,6-7H,5,8H2,(H,15,20)(H,18,19). The summed E-state index contributed by atoms with van der Waals surface area (Å²) in [6, 6.07) is 7.20. The van der Waals surface area contributed by atoms with E-state index < -0.39 is 5.97 Å². The van der Waals surface area contributed by atoms with E-state index in [1.165, 1.54) is 17.1 Å². The van der Waals surface area contributed by atoms with Crippen LogP contribution in [-0.4, -0.2) is 26.8 Å². The Balaban J connectivity index is 1.97. The van der Waals surface area contributed by atoms with Crippen molar-refractivity contribution in [3.8, 4) is 0 Å². The number of hydrogen-bond acceptors (Lipinski definition) is 3. The number of halogens is 1. The summed E-state index contributed by atoms with van der Waals surface area (Å²) in [4.78, 5) is 22.4. The minimum absolute atomic E-state index is 0.280. The Morgan fingerprint density at radius 1 is 1.35 bits per heavy atom. The molecule has 2 N–H and O–H groups in total. The van der Waals surface area contributed by atoms with Crippen molar-refractivity contribution in [2.24, 2.45) is 0 Å². The van der Waals surface area contributed by atoms with E-state index in [1.807, 2.05) is 18.2 Å². The third kappa shape index (κ3) is 3.58. The molecule has 2 rings (SSSR count). The fourth-order valence-corrected chi connectivity index (χ4v) is 1.83. The van der Waals surface area contributed by atoms with Crippen LogP contribution in [0.15, 0.2) is 36.7 Å². The summed E-state index contributed by atoms with van der Waals surface area (Å²) in [7, 11) is 0. The lowest BCUT2D eigenvalue weighted by atomic mass is 10.2. The molecule has 0 aliphatic carbocycles. The zero-order valence-corrected chi connectivity index (χ0v) is 11.2. The van der Waals surface area contributed by atoms with Gasteiger partial charge in [-0.1, -0.05) is 29.8 Å². The molecule has 6 nitrogen and oxygen atoms in total. The number of benzene rings is 1. The summed E-state index contributed by atoms with van der Waals surface area (Å²) in [6.45, 7) is 0.0143. The molecule has 0 spiro atoms. The van der Waals surface area contributed by atoms with Gasteiger partial charge in [0.25, 0.3) is 5.91 Å². The normalized spacial score (nSPS) is 10.2. The highest BCUT2D eigenvalue weighted by Gasteiger charge is 2.10. The van der Waals surface area contributed by atoms with Gasteiger partial charge in [-0.2, -0.15) is 5.10 Å². The Bertz CT molecular complexity index is 639. The zero-order chi connectivity index (χ0) is 14.5. The smallest absolute Gasteiger partial charge is 0.325 e. The molecule has 0 atom stereocenters. The summed E-state index contributed by atoms with van der Waals surface area (Å²) < 4.78 is 1.19. The van der Waals surface area contributed by atoms with Crippen LogP contribution in [0.25, 0.3) is 0 Å². The molecule has 1 aromatic heterocycles. The van der Waals surface area contributed by atoms with E-state index in [2.05, 4.69) is 10.4 Å². The first-order valence-electron chi connectivity index (χ1n) is 5.82. The molecule has 104 valence electrons. The Morgan fingerprint density at radius 3 is 2.80 bits per heavy atom. The van der Waals surface area contributed by atoms with Crippen LogP contribution in [0.1, 0.15) is 15.9 Å². The summed E-state index contributed by atoms with van der Waals surface area (Å²) in [5.74, 6) is -1.35. The summed E-state index contributed by atoms with van der Waals surface area (Å²) in [6.07, 6.45) is 2.71. The predicted octanol–water partition coefficient (Wildman–Crippen LogP) is 1.55. The lowest BCUT2D eigenvalue weighted by molar-refractivity contribution is -0.137. The summed E-state index contributed by atoms with van der Waals surface area (Å²) in [5, 5.41) is 15.7. The fraction of sp³-hybridized carbons (Fsp3) is 0.154. The van der Waals surface area contributed by atoms with Gasteiger partial charge in [0, 0.05) is 17.8 Å². The van der Waals surface area contributed by atoms with Gasteiger partial charge in [-0.15, -0.1) is 0 Å². The van der Waals surface area contributed by atoms with Gasteiger partial charge in [0.15, 0.2) is 0 Å². The highest BCUT2D eigenvalue weighted by Crippen LogP contribution is 2.14. The fourth-order valence-electron chi connectivity index (χ4n) is 1.63. The largest absolute Gasteiger partial charge is 0.480 e. The molecule has 7 heteroatoms. The van der Waals surface area contributed by atoms with Crippen molar-refractivity contribution in [2.45, 2.75) is 13.1 Å². The number of aromatic nitrogens is 2. The first-order valence-corrected chi connectivity index (χ1v) is 6.20. The Labute approximate surface area is 120 Å². The molecule has 1 aromatic carbocycles. The molecule has 0 unspecified atom stereocenters. The van der Waals surface area contributed by atoms with Crippen LogP contribution in [0, 0.1) is 0 Å². The first-order chi connectivity index (χ1) is 9.56. The van der Waals surface area contributed by atoms with Crippen molar-refractivity contribution in [3.63, 3.8) is 0 Å². The second-order valence-corrected chi connectivity index (χ2v) is 4.50. The number of nitrogens with one attached hydrogen (secondary N) is 1. The molecule has 1 heterocycles. The number of carbonyl (C=O) groups is 2. The molecule has 0 aliphatic rings. The molecule has 2 aromatic rings. The van der Waals surface area contributed by atoms with Crippen LogP contribution in [0.3, 0.4) is 0 Å². The van der Waals surface area contributed by atoms with Gasteiger partial charge in [-0.3, -0.25) is 14.3 Å². The minimum Gasteiger partial charge on any atom is -0.480 e. The van der Waals surface area contributed by atoms with Crippen LogP contribution in [0.4, 0.5) is 0 Å². The third-order valence-electron chi connectivity index (χ3n) is 2.59. The van der Waals surface area contributed by atoms with Gasteiger partial charge in [0.05, 0.1) is 11.8 Å². The van der Waals surface area contributed by atoms with Gasteiger partial charge >= 0.3 is 5.97 Å². The molecule has 0 saturated heterocycles. The molecular formula is C13H12ClN3O3. The second-order valence-electron chi connectivity index (χ2n) is 4.09. The molecule has 0 bridgehead atoms. The van der Waals surface area contributed by atoms with Gasteiger partial charge in [0.1, 0.15) is 6.54 Å². The molecule has 20 heavy (non-hydrogen) atoms. The van der Waals surface area contributed by atoms with Crippen molar-refractivity contribution in [3.05, 3.63) is 52.8 Å². The SMILES string of the molecule is O=C(O)Cn1cc(C(=O)NCc2ccccc2Cl)cn1. The van der Waals surface area contributed by atoms with E-state index >= 15 is 0 Å². The average Bonchev–Trinajstić information content (AvgIpc) is 2.85. The summed E-state index contributed by atoms with van der Waals surface area (Å²) >= 11 is 5.98. The average molecular weight is 294 g/mol. The predicted molar refractivity (Wildman–Crippen MR) is 72.5 cm³/mol. The Kier molecular flexibility index (Phi) is 4.37. The van der Waals surface area contributed by atoms with Crippen LogP contribution in [0.2, 0.25) is 5.02 Å². The highest BCUT2D eigenvalue weighted by molar-refractivity contribution is 6.31. The van der Waals surface area contributed by atoms with Crippen molar-refractivity contribution < 1.29 is 14.7 Å². The quantitative estimate of drug-likeness (QED) is 0.876. The van der Waals surface area contributed by atoms with Crippen molar-refractivity contribution in [1.29, 1.82) is 0 Å².